The van der Waals surface area contributed by atoms with Crippen molar-refractivity contribution in [3.8, 4) is 5.75 Å². The van der Waals surface area contributed by atoms with Crippen LogP contribution in [0.1, 0.15) is 33.6 Å². The fraction of sp³-hybridized carbons (Fsp3) is 0.588. The van der Waals surface area contributed by atoms with Crippen LogP contribution >= 0.6 is 12.4 Å². The zero-order chi connectivity index (χ0) is 18.7. The van der Waals surface area contributed by atoms with Crippen LogP contribution in [-0.4, -0.2) is 38.3 Å². The average Bonchev–Trinajstić information content (AvgIpc) is 3.32. The standard InChI is InChI=1S/C17H27N3O4S.ClH/c1-12(2)24-15-8-6-14(7-9-15)20-25(22,23)10-16(21)19-17(3,11-18)13-4-5-13;/h6-9,12-13,20H,4-5,10-11,18H2,1-3H3,(H,19,21);1H. The molecule has 2 rings (SSSR count). The lowest BCUT2D eigenvalue weighted by Gasteiger charge is -2.29. The SMILES string of the molecule is CC(C)Oc1ccc(NS(=O)(=O)CC(=O)NC(C)(CN)C2CC2)cc1.Cl. The Bertz CT molecular complexity index is 705. The summed E-state index contributed by atoms with van der Waals surface area (Å²) in [5.41, 5.74) is 5.58. The molecule has 0 aliphatic heterocycles. The summed E-state index contributed by atoms with van der Waals surface area (Å²) in [5.74, 6) is -0.212. The quantitative estimate of drug-likeness (QED) is 0.581. The number of amides is 1. The first-order valence-electron chi connectivity index (χ1n) is 8.42. The predicted octanol–water partition coefficient (Wildman–Crippen LogP) is 1.88. The Morgan fingerprint density at radius 3 is 2.35 bits per heavy atom. The van der Waals surface area contributed by atoms with E-state index in [4.69, 9.17) is 10.5 Å². The smallest absolute Gasteiger partial charge is 0.241 e. The fourth-order valence-electron chi connectivity index (χ4n) is 2.66. The maximum Gasteiger partial charge on any atom is 0.241 e. The van der Waals surface area contributed by atoms with E-state index < -0.39 is 27.2 Å². The van der Waals surface area contributed by atoms with Gasteiger partial charge in [-0.05, 0) is 63.8 Å². The Morgan fingerprint density at radius 1 is 1.31 bits per heavy atom. The van der Waals surface area contributed by atoms with Crippen molar-refractivity contribution in [1.82, 2.24) is 5.32 Å². The molecule has 0 heterocycles. The minimum absolute atomic E-state index is 0. The van der Waals surface area contributed by atoms with Crippen molar-refractivity contribution in [3.63, 3.8) is 0 Å². The topological polar surface area (TPSA) is 111 Å². The number of carbonyl (C=O) groups excluding carboxylic acids is 1. The summed E-state index contributed by atoms with van der Waals surface area (Å²) in [6.07, 6.45) is 2.04. The van der Waals surface area contributed by atoms with Crippen LogP contribution in [0.5, 0.6) is 5.75 Å². The van der Waals surface area contributed by atoms with E-state index in [1.807, 2.05) is 20.8 Å². The van der Waals surface area contributed by atoms with E-state index in [0.717, 1.165) is 12.8 Å². The lowest BCUT2D eigenvalue weighted by molar-refractivity contribution is -0.120. The van der Waals surface area contributed by atoms with Crippen LogP contribution in [0.2, 0.25) is 0 Å². The van der Waals surface area contributed by atoms with Crippen molar-refractivity contribution in [2.75, 3.05) is 17.0 Å². The van der Waals surface area contributed by atoms with E-state index in [1.165, 1.54) is 0 Å². The largest absolute Gasteiger partial charge is 0.491 e. The van der Waals surface area contributed by atoms with Gasteiger partial charge < -0.3 is 15.8 Å². The van der Waals surface area contributed by atoms with Gasteiger partial charge >= 0.3 is 0 Å². The first-order valence-corrected chi connectivity index (χ1v) is 10.1. The highest BCUT2D eigenvalue weighted by molar-refractivity contribution is 7.93. The fourth-order valence-corrected chi connectivity index (χ4v) is 3.64. The molecule has 1 amide bonds. The summed E-state index contributed by atoms with van der Waals surface area (Å²) in [7, 11) is -3.80. The third-order valence-electron chi connectivity index (χ3n) is 4.15. The highest BCUT2D eigenvalue weighted by atomic mass is 35.5. The number of rotatable bonds is 9. The van der Waals surface area contributed by atoms with Crippen LogP contribution in [0.3, 0.4) is 0 Å². The number of ether oxygens (including phenoxy) is 1. The molecule has 0 radical (unpaired) electrons. The highest BCUT2D eigenvalue weighted by Crippen LogP contribution is 2.38. The zero-order valence-corrected chi connectivity index (χ0v) is 17.0. The summed E-state index contributed by atoms with van der Waals surface area (Å²) in [6.45, 7) is 5.96. The van der Waals surface area contributed by atoms with E-state index >= 15 is 0 Å². The third-order valence-corrected chi connectivity index (χ3v) is 5.34. The number of benzene rings is 1. The van der Waals surface area contributed by atoms with Gasteiger partial charge in [-0.3, -0.25) is 9.52 Å². The number of carbonyl (C=O) groups is 1. The molecule has 0 aromatic heterocycles. The molecule has 7 nitrogen and oxygen atoms in total. The van der Waals surface area contributed by atoms with Gasteiger partial charge in [0.25, 0.3) is 0 Å². The summed E-state index contributed by atoms with van der Waals surface area (Å²) in [6, 6.07) is 6.55. The van der Waals surface area contributed by atoms with Gasteiger partial charge in [-0.2, -0.15) is 0 Å². The van der Waals surface area contributed by atoms with Gasteiger partial charge in [0.05, 0.1) is 11.6 Å². The molecule has 0 bridgehead atoms. The Morgan fingerprint density at radius 2 is 1.88 bits per heavy atom. The second kappa shape index (κ2) is 8.92. The molecule has 26 heavy (non-hydrogen) atoms. The van der Waals surface area contributed by atoms with E-state index in [0.29, 0.717) is 17.4 Å². The molecule has 1 aliphatic carbocycles. The summed E-state index contributed by atoms with van der Waals surface area (Å²) in [5, 5.41) is 2.77. The summed E-state index contributed by atoms with van der Waals surface area (Å²) < 4.78 is 32.3. The predicted molar refractivity (Wildman–Crippen MR) is 105 cm³/mol. The van der Waals surface area contributed by atoms with Crippen LogP contribution in [0.4, 0.5) is 5.69 Å². The third kappa shape index (κ3) is 6.66. The molecule has 1 saturated carbocycles. The molecular weight excluding hydrogens is 378 g/mol. The van der Waals surface area contributed by atoms with Crippen molar-refractivity contribution in [2.24, 2.45) is 11.7 Å². The molecule has 9 heteroatoms. The maximum absolute atomic E-state index is 12.2. The molecule has 1 unspecified atom stereocenters. The normalized spacial score (nSPS) is 16.3. The Hall–Kier alpha value is -1.51. The number of nitrogens with two attached hydrogens (primary N) is 1. The van der Waals surface area contributed by atoms with Crippen molar-refractivity contribution in [3.05, 3.63) is 24.3 Å². The Labute approximate surface area is 161 Å². The van der Waals surface area contributed by atoms with Gasteiger partial charge in [0.2, 0.25) is 15.9 Å². The monoisotopic (exact) mass is 405 g/mol. The molecule has 1 atom stereocenters. The van der Waals surface area contributed by atoms with Gasteiger partial charge in [-0.1, -0.05) is 0 Å². The first-order chi connectivity index (χ1) is 11.6. The van der Waals surface area contributed by atoms with E-state index in [-0.39, 0.29) is 25.1 Å². The molecule has 0 saturated heterocycles. The minimum atomic E-state index is -3.80. The number of anilines is 1. The van der Waals surface area contributed by atoms with Crippen molar-refractivity contribution in [2.45, 2.75) is 45.3 Å². The van der Waals surface area contributed by atoms with Crippen LogP contribution in [-0.2, 0) is 14.8 Å². The van der Waals surface area contributed by atoms with Gasteiger partial charge in [-0.15, -0.1) is 12.4 Å². The van der Waals surface area contributed by atoms with E-state index in [2.05, 4.69) is 10.0 Å². The lowest BCUT2D eigenvalue weighted by Crippen LogP contribution is -2.54. The molecule has 4 N–H and O–H groups in total. The molecule has 0 spiro atoms. The van der Waals surface area contributed by atoms with Gasteiger partial charge in [0.1, 0.15) is 11.5 Å². The minimum Gasteiger partial charge on any atom is -0.491 e. The van der Waals surface area contributed by atoms with Crippen molar-refractivity contribution < 1.29 is 17.9 Å². The van der Waals surface area contributed by atoms with E-state index in [9.17, 15) is 13.2 Å². The van der Waals surface area contributed by atoms with Crippen LogP contribution < -0.4 is 20.5 Å². The number of nitrogens with one attached hydrogen (secondary N) is 2. The molecule has 1 aliphatic rings. The zero-order valence-electron chi connectivity index (χ0n) is 15.3. The van der Waals surface area contributed by atoms with Gasteiger partial charge in [0.15, 0.2) is 0 Å². The first kappa shape index (κ1) is 22.5. The Balaban J connectivity index is 0.00000338. The maximum atomic E-state index is 12.2. The van der Waals surface area contributed by atoms with Gasteiger partial charge in [0, 0.05) is 12.2 Å². The van der Waals surface area contributed by atoms with Crippen molar-refractivity contribution in [1.29, 1.82) is 0 Å². The summed E-state index contributed by atoms with van der Waals surface area (Å²) >= 11 is 0. The molecule has 1 fully saturated rings. The van der Waals surface area contributed by atoms with Gasteiger partial charge in [-0.25, -0.2) is 8.42 Å². The molecule has 1 aromatic carbocycles. The second-order valence-corrected chi connectivity index (χ2v) is 8.72. The van der Waals surface area contributed by atoms with Crippen LogP contribution in [0.15, 0.2) is 24.3 Å². The number of halogens is 1. The Kier molecular flexibility index (Phi) is 7.73. The van der Waals surface area contributed by atoms with Crippen LogP contribution in [0, 0.1) is 5.92 Å². The number of hydrogen-bond acceptors (Lipinski definition) is 5. The summed E-state index contributed by atoms with van der Waals surface area (Å²) in [4.78, 5) is 12.1. The number of sulfonamides is 1. The molecule has 1 aromatic rings. The van der Waals surface area contributed by atoms with Crippen LogP contribution in [0.25, 0.3) is 0 Å². The highest BCUT2D eigenvalue weighted by Gasteiger charge is 2.41. The lowest BCUT2D eigenvalue weighted by atomic mass is 9.96. The van der Waals surface area contributed by atoms with Crippen molar-refractivity contribution >= 4 is 34.0 Å². The number of hydrogen-bond donors (Lipinski definition) is 3. The van der Waals surface area contributed by atoms with E-state index in [1.54, 1.807) is 24.3 Å². The molecular formula is C17H28ClN3O4S. The average molecular weight is 406 g/mol. The second-order valence-electron chi connectivity index (χ2n) is 7.00. The molecule has 148 valence electrons.